The molecule has 0 aromatic carbocycles. The molecule has 1 heterocycles. The fraction of sp³-hybridized carbons (Fsp3) is 0.794. The number of carbonyl (C=O) groups excluding carboxylic acids is 2. The van der Waals surface area contributed by atoms with E-state index in [-0.39, 0.29) is 44.9 Å². The summed E-state index contributed by atoms with van der Waals surface area (Å²) in [6.45, 7) is 19.5. The quantitative estimate of drug-likeness (QED) is 0.406. The van der Waals surface area contributed by atoms with E-state index in [0.717, 1.165) is 58.5 Å². The van der Waals surface area contributed by atoms with Gasteiger partial charge in [-0.2, -0.15) is 5.26 Å². The van der Waals surface area contributed by atoms with Gasteiger partial charge in [-0.3, -0.25) is 14.5 Å². The molecule has 7 atom stereocenters. The van der Waals surface area contributed by atoms with Crippen molar-refractivity contribution < 1.29 is 14.3 Å². The second kappa shape index (κ2) is 8.39. The highest BCUT2D eigenvalue weighted by atomic mass is 16.5. The first-order chi connectivity index (χ1) is 18.1. The minimum Gasteiger partial charge on any atom is -0.365 e. The van der Waals surface area contributed by atoms with Crippen molar-refractivity contribution in [1.29, 1.82) is 5.26 Å². The zero-order chi connectivity index (χ0) is 28.2. The number of hydrogen-bond acceptors (Lipinski definition) is 5. The summed E-state index contributed by atoms with van der Waals surface area (Å²) in [5.74, 6) is 0.732. The van der Waals surface area contributed by atoms with Gasteiger partial charge >= 0.3 is 0 Å². The number of ether oxygens (including phenoxy) is 1. The molecule has 5 nitrogen and oxygen atoms in total. The van der Waals surface area contributed by atoms with Crippen LogP contribution in [0.15, 0.2) is 23.3 Å². The third-order valence-electron chi connectivity index (χ3n) is 13.4. The highest BCUT2D eigenvalue weighted by Gasteiger charge is 2.69. The Kier molecular flexibility index (Phi) is 5.89. The molecule has 0 aromatic rings. The Labute approximate surface area is 235 Å². The van der Waals surface area contributed by atoms with Gasteiger partial charge in [0, 0.05) is 29.8 Å². The molecular weight excluding hydrogens is 484 g/mol. The van der Waals surface area contributed by atoms with Crippen LogP contribution in [-0.2, 0) is 14.3 Å². The molecule has 5 aliphatic carbocycles. The van der Waals surface area contributed by atoms with Crippen LogP contribution in [0.3, 0.4) is 0 Å². The summed E-state index contributed by atoms with van der Waals surface area (Å²) in [5.41, 5.74) is 0.496. The summed E-state index contributed by atoms with van der Waals surface area (Å²) in [4.78, 5) is 30.4. The molecule has 3 saturated carbocycles. The molecular formula is C34H48N2O3. The van der Waals surface area contributed by atoms with Gasteiger partial charge in [-0.25, -0.2) is 0 Å². The summed E-state index contributed by atoms with van der Waals surface area (Å²) in [6, 6.07) is 2.22. The Morgan fingerprint density at radius 3 is 2.41 bits per heavy atom. The van der Waals surface area contributed by atoms with Crippen LogP contribution < -0.4 is 0 Å². The van der Waals surface area contributed by atoms with Gasteiger partial charge in [-0.1, -0.05) is 60.1 Å². The summed E-state index contributed by atoms with van der Waals surface area (Å²) < 4.78 is 5.75. The average Bonchev–Trinajstić information content (AvgIpc) is 3.36. The van der Waals surface area contributed by atoms with E-state index in [0.29, 0.717) is 11.7 Å². The van der Waals surface area contributed by atoms with Crippen molar-refractivity contribution in [3.8, 4) is 6.07 Å². The normalized spacial score (nSPS) is 46.7. The van der Waals surface area contributed by atoms with Gasteiger partial charge in [0.1, 0.15) is 6.07 Å². The van der Waals surface area contributed by atoms with E-state index in [1.807, 2.05) is 26.0 Å². The Balaban J connectivity index is 1.48. The van der Waals surface area contributed by atoms with Crippen LogP contribution in [-0.4, -0.2) is 42.9 Å². The average molecular weight is 533 g/mol. The maximum atomic E-state index is 14.6. The number of hydrogen-bond donors (Lipinski definition) is 0. The maximum Gasteiger partial charge on any atom is 0.178 e. The number of fused-ring (bicyclic) bond motifs is 7. The second-order valence-corrected chi connectivity index (χ2v) is 16.2. The largest absolute Gasteiger partial charge is 0.365 e. The van der Waals surface area contributed by atoms with Gasteiger partial charge < -0.3 is 4.74 Å². The molecule has 39 heavy (non-hydrogen) atoms. The Morgan fingerprint density at radius 2 is 1.74 bits per heavy atom. The van der Waals surface area contributed by atoms with Gasteiger partial charge in [0.2, 0.25) is 0 Å². The highest BCUT2D eigenvalue weighted by Crippen LogP contribution is 2.74. The molecule has 212 valence electrons. The summed E-state index contributed by atoms with van der Waals surface area (Å²) in [6.07, 6.45) is 11.7. The first-order valence-corrected chi connectivity index (χ1v) is 15.4. The summed E-state index contributed by atoms with van der Waals surface area (Å²) >= 11 is 0. The molecule has 0 N–H and O–H groups in total. The Hall–Kier alpha value is -1.77. The fourth-order valence-corrected chi connectivity index (χ4v) is 11.0. The predicted octanol–water partition coefficient (Wildman–Crippen LogP) is 6.50. The van der Waals surface area contributed by atoms with Gasteiger partial charge in [0.05, 0.1) is 18.9 Å². The van der Waals surface area contributed by atoms with E-state index in [9.17, 15) is 14.9 Å². The Bertz CT molecular complexity index is 1220. The third-order valence-corrected chi connectivity index (χ3v) is 13.4. The van der Waals surface area contributed by atoms with Gasteiger partial charge in [0.25, 0.3) is 0 Å². The first-order valence-electron chi connectivity index (χ1n) is 15.4. The van der Waals surface area contributed by atoms with E-state index < -0.39 is 10.8 Å². The lowest BCUT2D eigenvalue weighted by atomic mass is 9.34. The first kappa shape index (κ1) is 27.4. The lowest BCUT2D eigenvalue weighted by Gasteiger charge is -2.69. The van der Waals surface area contributed by atoms with Crippen LogP contribution in [0.2, 0.25) is 0 Å². The van der Waals surface area contributed by atoms with Crippen molar-refractivity contribution >= 4 is 11.6 Å². The standard InChI is InChI=1S/C34H48N2O3/c1-29(2)10-12-34(20-36-14-15-39-21-36)13-11-33(7)27(23(34)18-29)24(37)16-26-31(5)17-22(19-35)28(38)30(3,4)25(31)8-9-32(26,33)6/h16-17,23,25,27H,8-15,18,20-21H2,1-7H3/t23?,25-,27-,31-,32+,33+,34+/m0/s1. The van der Waals surface area contributed by atoms with Crippen LogP contribution in [0.1, 0.15) is 93.4 Å². The highest BCUT2D eigenvalue weighted by molar-refractivity contribution is 6.04. The molecule has 1 unspecified atom stereocenters. The molecule has 0 aromatic heterocycles. The lowest BCUT2D eigenvalue weighted by Crippen LogP contribution is -2.65. The number of nitrogens with zero attached hydrogens (tertiary/aromatic N) is 2. The number of Topliss-reactive ketones (excluding diaryl/α,β-unsaturated/α-hetero) is 1. The van der Waals surface area contributed by atoms with Gasteiger partial charge in [-0.05, 0) is 84.5 Å². The van der Waals surface area contributed by atoms with Crippen molar-refractivity contribution in [2.75, 3.05) is 26.4 Å². The van der Waals surface area contributed by atoms with Crippen molar-refractivity contribution in [2.45, 2.75) is 93.4 Å². The number of ketones is 2. The van der Waals surface area contributed by atoms with E-state index in [1.165, 1.54) is 18.4 Å². The molecule has 1 saturated heterocycles. The van der Waals surface area contributed by atoms with Gasteiger partial charge in [0.15, 0.2) is 11.6 Å². The second-order valence-electron chi connectivity index (χ2n) is 16.2. The molecule has 6 rings (SSSR count). The molecule has 5 heteroatoms. The molecule has 0 radical (unpaired) electrons. The van der Waals surface area contributed by atoms with E-state index in [2.05, 4.69) is 45.6 Å². The maximum absolute atomic E-state index is 14.6. The number of allylic oxidation sites excluding steroid dienone is 4. The SMILES string of the molecule is CC1(C)CC[C@]2(CN3CCOC3)CC[C@]3(C)[C@H](C(=O)C=C4[C@@]5(C)C=C(C#N)C(=O)C(C)(C)[C@@H]5CC[C@]43C)C2C1. The van der Waals surface area contributed by atoms with Gasteiger partial charge in [-0.15, -0.1) is 0 Å². The molecule has 4 fully saturated rings. The zero-order valence-corrected chi connectivity index (χ0v) is 25.3. The minimum absolute atomic E-state index is 0.0147. The van der Waals surface area contributed by atoms with Crippen molar-refractivity contribution in [2.24, 2.45) is 50.2 Å². The van der Waals surface area contributed by atoms with E-state index in [4.69, 9.17) is 4.74 Å². The molecule has 1 aliphatic heterocycles. The van der Waals surface area contributed by atoms with Crippen LogP contribution in [0.25, 0.3) is 0 Å². The summed E-state index contributed by atoms with van der Waals surface area (Å²) in [7, 11) is 0. The monoisotopic (exact) mass is 532 g/mol. The smallest absolute Gasteiger partial charge is 0.178 e. The van der Waals surface area contributed by atoms with Crippen LogP contribution >= 0.6 is 0 Å². The number of nitriles is 1. The van der Waals surface area contributed by atoms with Crippen LogP contribution in [0.5, 0.6) is 0 Å². The van der Waals surface area contributed by atoms with Crippen molar-refractivity contribution in [3.63, 3.8) is 0 Å². The molecule has 0 spiro atoms. The predicted molar refractivity (Wildman–Crippen MR) is 151 cm³/mol. The third kappa shape index (κ3) is 3.56. The van der Waals surface area contributed by atoms with Crippen LogP contribution in [0.4, 0.5) is 0 Å². The molecule has 0 amide bonds. The Morgan fingerprint density at radius 1 is 1.03 bits per heavy atom. The fourth-order valence-electron chi connectivity index (χ4n) is 11.0. The topological polar surface area (TPSA) is 70.4 Å². The summed E-state index contributed by atoms with van der Waals surface area (Å²) in [5, 5.41) is 9.93. The molecule has 0 bridgehead atoms. The van der Waals surface area contributed by atoms with Crippen molar-refractivity contribution in [1.82, 2.24) is 4.90 Å². The number of rotatable bonds is 2. The molecule has 6 aliphatic rings. The number of carbonyl (C=O) groups is 2. The van der Waals surface area contributed by atoms with E-state index in [1.54, 1.807) is 0 Å². The lowest BCUT2D eigenvalue weighted by molar-refractivity contribution is -0.174. The van der Waals surface area contributed by atoms with Crippen LogP contribution in [0, 0.1) is 61.6 Å². The zero-order valence-electron chi connectivity index (χ0n) is 25.3. The minimum atomic E-state index is -0.621. The van der Waals surface area contributed by atoms with Crippen molar-refractivity contribution in [3.05, 3.63) is 23.3 Å². The van der Waals surface area contributed by atoms with E-state index >= 15 is 0 Å².